The van der Waals surface area contributed by atoms with Crippen LogP contribution in [0.25, 0.3) is 6.08 Å². The Morgan fingerprint density at radius 3 is 2.70 bits per heavy atom. The first-order valence-corrected chi connectivity index (χ1v) is 7.45. The number of benzene rings is 2. The molecule has 0 bridgehead atoms. The fourth-order valence-electron chi connectivity index (χ4n) is 2.09. The number of alkyl carbamates (subject to hydrolysis) is 1. The number of hydrogen-bond donors (Lipinski definition) is 1. The lowest BCUT2D eigenvalue weighted by Gasteiger charge is -2.06. The monoisotopic (exact) mass is 311 g/mol. The smallest absolute Gasteiger partial charge is 0.407 e. The van der Waals surface area contributed by atoms with Gasteiger partial charge in [0.05, 0.1) is 7.11 Å². The normalized spacial score (nSPS) is 10.5. The molecule has 0 aliphatic rings. The predicted molar refractivity (Wildman–Crippen MR) is 91.4 cm³/mol. The molecule has 2 rings (SSSR count). The van der Waals surface area contributed by atoms with Crippen LogP contribution in [0.15, 0.2) is 54.6 Å². The number of methoxy groups -OCH3 is 1. The van der Waals surface area contributed by atoms with Crippen molar-refractivity contribution < 1.29 is 14.3 Å². The molecule has 23 heavy (non-hydrogen) atoms. The summed E-state index contributed by atoms with van der Waals surface area (Å²) >= 11 is 0. The number of amides is 1. The van der Waals surface area contributed by atoms with E-state index in [1.165, 1.54) is 0 Å². The number of ether oxygens (including phenoxy) is 2. The van der Waals surface area contributed by atoms with E-state index in [0.29, 0.717) is 6.54 Å². The zero-order chi connectivity index (χ0) is 16.5. The molecule has 4 nitrogen and oxygen atoms in total. The Labute approximate surface area is 136 Å². The van der Waals surface area contributed by atoms with E-state index in [1.807, 2.05) is 67.6 Å². The summed E-state index contributed by atoms with van der Waals surface area (Å²) in [7, 11) is 1.64. The molecule has 1 amide bonds. The molecule has 0 unspecified atom stereocenters. The molecule has 0 aromatic heterocycles. The lowest BCUT2D eigenvalue weighted by Crippen LogP contribution is -2.24. The van der Waals surface area contributed by atoms with Crippen LogP contribution >= 0.6 is 0 Å². The first-order valence-electron chi connectivity index (χ1n) is 7.45. The molecule has 120 valence electrons. The quantitative estimate of drug-likeness (QED) is 0.879. The number of carbonyl (C=O) groups excluding carboxylic acids is 1. The molecule has 0 heterocycles. The summed E-state index contributed by atoms with van der Waals surface area (Å²) in [5.74, 6) is 0.804. The standard InChI is InChI=1S/C19H21NO3/c1-15-10-11-18(22-2)17(13-15)9-6-12-20-19(21)23-14-16-7-4-3-5-8-16/h3-11,13H,12,14H2,1-2H3,(H,20,21). The average Bonchev–Trinajstić information content (AvgIpc) is 2.58. The Morgan fingerprint density at radius 1 is 1.17 bits per heavy atom. The Kier molecular flexibility index (Phi) is 6.24. The molecule has 4 heteroatoms. The summed E-state index contributed by atoms with van der Waals surface area (Å²) in [5, 5.41) is 2.69. The van der Waals surface area contributed by atoms with Gasteiger partial charge in [-0.15, -0.1) is 0 Å². The van der Waals surface area contributed by atoms with E-state index in [4.69, 9.17) is 9.47 Å². The predicted octanol–water partition coefficient (Wildman–Crippen LogP) is 3.94. The van der Waals surface area contributed by atoms with Crippen LogP contribution < -0.4 is 10.1 Å². The van der Waals surface area contributed by atoms with E-state index < -0.39 is 6.09 Å². The van der Waals surface area contributed by atoms with Gasteiger partial charge in [0.15, 0.2) is 0 Å². The van der Waals surface area contributed by atoms with Crippen molar-refractivity contribution in [2.75, 3.05) is 13.7 Å². The third kappa shape index (κ3) is 5.51. The van der Waals surface area contributed by atoms with Gasteiger partial charge in [-0.2, -0.15) is 0 Å². The third-order valence-electron chi connectivity index (χ3n) is 3.26. The summed E-state index contributed by atoms with van der Waals surface area (Å²) < 4.78 is 10.4. The van der Waals surface area contributed by atoms with E-state index in [1.54, 1.807) is 7.11 Å². The van der Waals surface area contributed by atoms with Gasteiger partial charge in [0.1, 0.15) is 12.4 Å². The molecule has 2 aromatic carbocycles. The van der Waals surface area contributed by atoms with Crippen molar-refractivity contribution in [3.63, 3.8) is 0 Å². The highest BCUT2D eigenvalue weighted by Gasteiger charge is 2.01. The molecule has 2 aromatic rings. The molecule has 0 aliphatic heterocycles. The summed E-state index contributed by atoms with van der Waals surface area (Å²) in [4.78, 5) is 11.6. The minimum absolute atomic E-state index is 0.266. The van der Waals surface area contributed by atoms with Gasteiger partial charge in [-0.05, 0) is 24.6 Å². The SMILES string of the molecule is COc1ccc(C)cc1C=CCNC(=O)OCc1ccccc1. The zero-order valence-corrected chi connectivity index (χ0v) is 13.4. The Balaban J connectivity index is 1.78. The highest BCUT2D eigenvalue weighted by Crippen LogP contribution is 2.20. The second-order valence-electron chi connectivity index (χ2n) is 5.09. The summed E-state index contributed by atoms with van der Waals surface area (Å²) in [6, 6.07) is 15.5. The third-order valence-corrected chi connectivity index (χ3v) is 3.26. The van der Waals surface area contributed by atoms with Gasteiger partial charge < -0.3 is 14.8 Å². The Bertz CT molecular complexity index is 666. The Hall–Kier alpha value is -2.75. The summed E-state index contributed by atoms with van der Waals surface area (Å²) in [6.45, 7) is 2.68. The van der Waals surface area contributed by atoms with Crippen molar-refractivity contribution in [1.82, 2.24) is 5.32 Å². The highest BCUT2D eigenvalue weighted by molar-refractivity contribution is 5.68. The largest absolute Gasteiger partial charge is 0.496 e. The van der Waals surface area contributed by atoms with Crippen LogP contribution in [-0.4, -0.2) is 19.7 Å². The molecule has 0 atom stereocenters. The van der Waals surface area contributed by atoms with E-state index >= 15 is 0 Å². The molecule has 0 saturated heterocycles. The van der Waals surface area contributed by atoms with Gasteiger partial charge in [0.25, 0.3) is 0 Å². The molecule has 0 radical (unpaired) electrons. The topological polar surface area (TPSA) is 47.6 Å². The van der Waals surface area contributed by atoms with Gasteiger partial charge >= 0.3 is 6.09 Å². The van der Waals surface area contributed by atoms with Gasteiger partial charge in [-0.1, -0.05) is 54.1 Å². The fourth-order valence-corrected chi connectivity index (χ4v) is 2.09. The van der Waals surface area contributed by atoms with Crippen molar-refractivity contribution >= 4 is 12.2 Å². The zero-order valence-electron chi connectivity index (χ0n) is 13.4. The highest BCUT2D eigenvalue weighted by atomic mass is 16.5. The van der Waals surface area contributed by atoms with Crippen LogP contribution in [0.1, 0.15) is 16.7 Å². The van der Waals surface area contributed by atoms with Crippen molar-refractivity contribution in [3.05, 3.63) is 71.3 Å². The van der Waals surface area contributed by atoms with Crippen molar-refractivity contribution in [2.24, 2.45) is 0 Å². The molecule has 0 fully saturated rings. The molecule has 1 N–H and O–H groups in total. The second-order valence-corrected chi connectivity index (χ2v) is 5.09. The fraction of sp³-hybridized carbons (Fsp3) is 0.211. The van der Waals surface area contributed by atoms with Gasteiger partial charge in [-0.25, -0.2) is 4.79 Å². The van der Waals surface area contributed by atoms with Crippen LogP contribution in [0.4, 0.5) is 4.79 Å². The van der Waals surface area contributed by atoms with E-state index in [0.717, 1.165) is 22.4 Å². The minimum Gasteiger partial charge on any atom is -0.496 e. The minimum atomic E-state index is -0.435. The molecule has 0 saturated carbocycles. The Morgan fingerprint density at radius 2 is 1.96 bits per heavy atom. The summed E-state index contributed by atoms with van der Waals surface area (Å²) in [6.07, 6.45) is 3.35. The van der Waals surface area contributed by atoms with Gasteiger partial charge in [0, 0.05) is 12.1 Å². The second kappa shape index (κ2) is 8.63. The van der Waals surface area contributed by atoms with Crippen LogP contribution in [0, 0.1) is 6.92 Å². The molecular weight excluding hydrogens is 290 g/mol. The lowest BCUT2D eigenvalue weighted by atomic mass is 10.1. The van der Waals surface area contributed by atoms with E-state index in [2.05, 4.69) is 5.32 Å². The number of rotatable bonds is 6. The first-order chi connectivity index (χ1) is 11.2. The first kappa shape index (κ1) is 16.6. The maximum atomic E-state index is 11.6. The van der Waals surface area contributed by atoms with E-state index in [-0.39, 0.29) is 6.61 Å². The number of nitrogens with one attached hydrogen (secondary N) is 1. The maximum absolute atomic E-state index is 11.6. The van der Waals surface area contributed by atoms with Gasteiger partial charge in [0.2, 0.25) is 0 Å². The lowest BCUT2D eigenvalue weighted by molar-refractivity contribution is 0.141. The van der Waals surface area contributed by atoms with Gasteiger partial charge in [-0.3, -0.25) is 0 Å². The van der Waals surface area contributed by atoms with Crippen LogP contribution in [0.2, 0.25) is 0 Å². The molecular formula is C19H21NO3. The van der Waals surface area contributed by atoms with Crippen LogP contribution in [0.5, 0.6) is 5.75 Å². The molecule has 0 aliphatic carbocycles. The number of hydrogen-bond acceptors (Lipinski definition) is 3. The molecule has 0 spiro atoms. The number of aryl methyl sites for hydroxylation is 1. The van der Waals surface area contributed by atoms with Crippen LogP contribution in [-0.2, 0) is 11.3 Å². The van der Waals surface area contributed by atoms with E-state index in [9.17, 15) is 4.79 Å². The maximum Gasteiger partial charge on any atom is 0.407 e. The van der Waals surface area contributed by atoms with Crippen molar-refractivity contribution in [2.45, 2.75) is 13.5 Å². The number of carbonyl (C=O) groups is 1. The van der Waals surface area contributed by atoms with Crippen molar-refractivity contribution in [1.29, 1.82) is 0 Å². The van der Waals surface area contributed by atoms with Crippen molar-refractivity contribution in [3.8, 4) is 5.75 Å². The summed E-state index contributed by atoms with van der Waals surface area (Å²) in [5.41, 5.74) is 3.09. The average molecular weight is 311 g/mol. The van der Waals surface area contributed by atoms with Crippen LogP contribution in [0.3, 0.4) is 0 Å².